The normalized spacial score (nSPS) is 9.47. The summed E-state index contributed by atoms with van der Waals surface area (Å²) in [5.41, 5.74) is 6.84. The number of aromatic nitrogens is 1. The fraction of sp³-hybridized carbons (Fsp3) is 0.273. The van der Waals surface area contributed by atoms with E-state index in [9.17, 15) is 4.79 Å². The fourth-order valence-corrected chi connectivity index (χ4v) is 1.10. The van der Waals surface area contributed by atoms with Crippen LogP contribution in [0.3, 0.4) is 0 Å². The van der Waals surface area contributed by atoms with Crippen LogP contribution < -0.4 is 11.1 Å². The number of nitrogens with one attached hydrogen (secondary N) is 1. The molecule has 0 aliphatic carbocycles. The van der Waals surface area contributed by atoms with E-state index in [0.29, 0.717) is 17.9 Å². The lowest BCUT2D eigenvalue weighted by Gasteiger charge is -2.06. The van der Waals surface area contributed by atoms with Gasteiger partial charge in [-0.2, -0.15) is 0 Å². The average molecular weight is 205 g/mol. The number of amides is 1. The van der Waals surface area contributed by atoms with Gasteiger partial charge in [0, 0.05) is 12.7 Å². The summed E-state index contributed by atoms with van der Waals surface area (Å²) in [6.07, 6.45) is 3.64. The number of primary amides is 1. The van der Waals surface area contributed by atoms with Crippen molar-refractivity contribution in [1.29, 1.82) is 0 Å². The molecule has 80 valence electrons. The highest BCUT2D eigenvalue weighted by Crippen LogP contribution is 2.09. The summed E-state index contributed by atoms with van der Waals surface area (Å²) in [7, 11) is 0. The predicted molar refractivity (Wildman–Crippen MR) is 60.7 cm³/mol. The van der Waals surface area contributed by atoms with Crippen molar-refractivity contribution in [2.75, 3.05) is 11.9 Å². The summed E-state index contributed by atoms with van der Waals surface area (Å²) in [5.74, 6) is 0.0605. The summed E-state index contributed by atoms with van der Waals surface area (Å²) in [6.45, 7) is 4.66. The molecule has 0 aromatic carbocycles. The number of anilines is 1. The Morgan fingerprint density at radius 1 is 1.60 bits per heavy atom. The summed E-state index contributed by atoms with van der Waals surface area (Å²) in [5, 5.41) is 3.04. The zero-order valence-electron chi connectivity index (χ0n) is 8.95. The molecule has 4 nitrogen and oxygen atoms in total. The summed E-state index contributed by atoms with van der Waals surface area (Å²) >= 11 is 0. The van der Waals surface area contributed by atoms with Gasteiger partial charge in [0.2, 0.25) is 0 Å². The monoisotopic (exact) mass is 205 g/mol. The second-order valence-corrected chi connectivity index (χ2v) is 3.43. The number of nitrogens with two attached hydrogens (primary N) is 1. The first-order valence-electron chi connectivity index (χ1n) is 4.73. The molecule has 15 heavy (non-hydrogen) atoms. The maximum Gasteiger partial charge on any atom is 0.252 e. The van der Waals surface area contributed by atoms with Crippen LogP contribution in [0.2, 0.25) is 0 Å². The van der Waals surface area contributed by atoms with Crippen LogP contribution in [0.15, 0.2) is 30.0 Å². The minimum absolute atomic E-state index is 0.416. The number of hydrogen-bond acceptors (Lipinski definition) is 3. The van der Waals surface area contributed by atoms with E-state index in [2.05, 4.69) is 10.3 Å². The Labute approximate surface area is 89.2 Å². The highest BCUT2D eigenvalue weighted by Gasteiger charge is 2.06. The van der Waals surface area contributed by atoms with E-state index in [1.807, 2.05) is 19.9 Å². The van der Waals surface area contributed by atoms with Crippen molar-refractivity contribution in [2.45, 2.75) is 13.8 Å². The van der Waals surface area contributed by atoms with Gasteiger partial charge in [0.25, 0.3) is 5.91 Å². The van der Waals surface area contributed by atoms with Crippen LogP contribution in [-0.4, -0.2) is 17.4 Å². The highest BCUT2D eigenvalue weighted by molar-refractivity contribution is 5.97. The molecule has 0 saturated heterocycles. The Morgan fingerprint density at radius 2 is 2.33 bits per heavy atom. The number of rotatable bonds is 4. The SMILES string of the molecule is CC(C)=CCNc1ncccc1C(N)=O. The summed E-state index contributed by atoms with van der Waals surface area (Å²) in [6, 6.07) is 3.34. The van der Waals surface area contributed by atoms with Gasteiger partial charge in [-0.15, -0.1) is 0 Å². The Hall–Kier alpha value is -1.84. The Bertz CT molecular complexity index is 381. The maximum absolute atomic E-state index is 11.0. The van der Waals surface area contributed by atoms with Gasteiger partial charge in [0.15, 0.2) is 0 Å². The lowest BCUT2D eigenvalue weighted by molar-refractivity contribution is 0.100. The third-order valence-electron chi connectivity index (χ3n) is 1.85. The van der Waals surface area contributed by atoms with Crippen LogP contribution >= 0.6 is 0 Å². The van der Waals surface area contributed by atoms with E-state index in [-0.39, 0.29) is 0 Å². The summed E-state index contributed by atoms with van der Waals surface area (Å²) < 4.78 is 0. The molecule has 1 aromatic heterocycles. The van der Waals surface area contributed by atoms with Gasteiger partial charge in [0.05, 0.1) is 5.56 Å². The molecule has 1 rings (SSSR count). The number of carbonyl (C=O) groups is 1. The topological polar surface area (TPSA) is 68.0 Å². The van der Waals surface area contributed by atoms with Crippen molar-refractivity contribution in [3.05, 3.63) is 35.5 Å². The van der Waals surface area contributed by atoms with Crippen molar-refractivity contribution >= 4 is 11.7 Å². The van der Waals surface area contributed by atoms with Crippen molar-refractivity contribution in [3.8, 4) is 0 Å². The molecule has 0 fully saturated rings. The molecule has 3 N–H and O–H groups in total. The van der Waals surface area contributed by atoms with Crippen molar-refractivity contribution < 1.29 is 4.79 Å². The zero-order valence-corrected chi connectivity index (χ0v) is 8.95. The summed E-state index contributed by atoms with van der Waals surface area (Å²) in [4.78, 5) is 15.1. The van der Waals surface area contributed by atoms with Crippen LogP contribution in [0.25, 0.3) is 0 Å². The lowest BCUT2D eigenvalue weighted by Crippen LogP contribution is -2.15. The molecule has 4 heteroatoms. The van der Waals surface area contributed by atoms with Crippen LogP contribution in [0.1, 0.15) is 24.2 Å². The van der Waals surface area contributed by atoms with Crippen molar-refractivity contribution in [1.82, 2.24) is 4.98 Å². The van der Waals surface area contributed by atoms with Crippen LogP contribution in [0.4, 0.5) is 5.82 Å². The van der Waals surface area contributed by atoms with Gasteiger partial charge in [-0.3, -0.25) is 4.79 Å². The van der Waals surface area contributed by atoms with Gasteiger partial charge in [-0.05, 0) is 26.0 Å². The Kier molecular flexibility index (Phi) is 3.85. The van der Waals surface area contributed by atoms with Gasteiger partial charge in [-0.1, -0.05) is 11.6 Å². The molecule has 0 bridgehead atoms. The molecular weight excluding hydrogens is 190 g/mol. The van der Waals surface area contributed by atoms with E-state index in [0.717, 1.165) is 0 Å². The molecule has 0 aliphatic rings. The number of allylic oxidation sites excluding steroid dienone is 1. The molecule has 1 aromatic rings. The quantitative estimate of drug-likeness (QED) is 0.733. The third kappa shape index (κ3) is 3.42. The largest absolute Gasteiger partial charge is 0.366 e. The first kappa shape index (κ1) is 11.2. The van der Waals surface area contributed by atoms with E-state index in [1.165, 1.54) is 5.57 Å². The zero-order chi connectivity index (χ0) is 11.3. The fourth-order valence-electron chi connectivity index (χ4n) is 1.10. The smallest absolute Gasteiger partial charge is 0.252 e. The molecule has 1 amide bonds. The first-order chi connectivity index (χ1) is 7.11. The molecule has 0 atom stereocenters. The van der Waals surface area contributed by atoms with E-state index < -0.39 is 5.91 Å². The van der Waals surface area contributed by atoms with Gasteiger partial charge in [0.1, 0.15) is 5.82 Å². The lowest BCUT2D eigenvalue weighted by atomic mass is 10.2. The second kappa shape index (κ2) is 5.14. The van der Waals surface area contributed by atoms with Gasteiger partial charge in [-0.25, -0.2) is 4.98 Å². The van der Waals surface area contributed by atoms with Gasteiger partial charge >= 0.3 is 0 Å². The minimum Gasteiger partial charge on any atom is -0.366 e. The minimum atomic E-state index is -0.470. The highest BCUT2D eigenvalue weighted by atomic mass is 16.1. The van der Waals surface area contributed by atoms with Crippen LogP contribution in [0.5, 0.6) is 0 Å². The van der Waals surface area contributed by atoms with Crippen molar-refractivity contribution in [3.63, 3.8) is 0 Å². The molecule has 0 saturated carbocycles. The number of pyridine rings is 1. The number of hydrogen-bond donors (Lipinski definition) is 2. The standard InChI is InChI=1S/C11H15N3O/c1-8(2)5-7-14-11-9(10(12)15)4-3-6-13-11/h3-6H,7H2,1-2H3,(H2,12,15)(H,13,14). The molecule has 0 radical (unpaired) electrons. The first-order valence-corrected chi connectivity index (χ1v) is 4.73. The number of carbonyl (C=O) groups excluding carboxylic acids is 1. The Balaban J connectivity index is 2.76. The van der Waals surface area contributed by atoms with Crippen molar-refractivity contribution in [2.24, 2.45) is 5.73 Å². The maximum atomic E-state index is 11.0. The molecule has 0 aliphatic heterocycles. The van der Waals surface area contributed by atoms with Crippen LogP contribution in [0, 0.1) is 0 Å². The van der Waals surface area contributed by atoms with Crippen LogP contribution in [-0.2, 0) is 0 Å². The van der Waals surface area contributed by atoms with E-state index >= 15 is 0 Å². The van der Waals surface area contributed by atoms with E-state index in [4.69, 9.17) is 5.73 Å². The molecular formula is C11H15N3O. The molecule has 0 unspecified atom stereocenters. The Morgan fingerprint density at radius 3 is 2.93 bits per heavy atom. The van der Waals surface area contributed by atoms with E-state index in [1.54, 1.807) is 18.3 Å². The van der Waals surface area contributed by atoms with Gasteiger partial charge < -0.3 is 11.1 Å². The average Bonchev–Trinajstić information content (AvgIpc) is 2.17. The number of nitrogens with zero attached hydrogens (tertiary/aromatic N) is 1. The molecule has 1 heterocycles. The molecule has 0 spiro atoms. The predicted octanol–water partition coefficient (Wildman–Crippen LogP) is 1.56. The second-order valence-electron chi connectivity index (χ2n) is 3.43. The third-order valence-corrected chi connectivity index (χ3v) is 1.85.